The summed E-state index contributed by atoms with van der Waals surface area (Å²) in [5.74, 6) is -1.39. The fourth-order valence-corrected chi connectivity index (χ4v) is 6.05. The van der Waals surface area contributed by atoms with E-state index in [1.54, 1.807) is 36.9 Å². The molecule has 10 heteroatoms. The Labute approximate surface area is 261 Å². The Hall–Kier alpha value is -4.93. The first-order chi connectivity index (χ1) is 21.8. The Morgan fingerprint density at radius 2 is 1.73 bits per heavy atom. The minimum Gasteiger partial charge on any atom is -0.395 e. The smallest absolute Gasteiger partial charge is 0.264 e. The van der Waals surface area contributed by atoms with E-state index >= 15 is 0 Å². The summed E-state index contributed by atoms with van der Waals surface area (Å²) in [6.45, 7) is 2.27. The molecule has 1 aromatic heterocycles. The minimum absolute atomic E-state index is 0.0726. The van der Waals surface area contributed by atoms with Gasteiger partial charge in [-0.15, -0.1) is 5.10 Å². The monoisotopic (exact) mass is 604 g/mol. The maximum atomic E-state index is 13.5. The molecule has 0 saturated heterocycles. The maximum Gasteiger partial charge on any atom is 0.264 e. The molecule has 4 aromatic rings. The summed E-state index contributed by atoms with van der Waals surface area (Å²) in [5.41, 5.74) is 3.14. The molecule has 0 radical (unpaired) electrons. The summed E-state index contributed by atoms with van der Waals surface area (Å²) in [6.07, 6.45) is 7.04. The van der Waals surface area contributed by atoms with Gasteiger partial charge in [-0.1, -0.05) is 85.0 Å². The van der Waals surface area contributed by atoms with Gasteiger partial charge in [0, 0.05) is 44.1 Å². The molecule has 3 heterocycles. The van der Waals surface area contributed by atoms with E-state index in [1.165, 1.54) is 9.91 Å². The van der Waals surface area contributed by atoms with Gasteiger partial charge < -0.3 is 15.1 Å². The van der Waals surface area contributed by atoms with Gasteiger partial charge in [-0.25, -0.2) is 5.01 Å². The molecule has 45 heavy (non-hydrogen) atoms. The van der Waals surface area contributed by atoms with Gasteiger partial charge in [0.2, 0.25) is 5.91 Å². The molecule has 3 atom stereocenters. The van der Waals surface area contributed by atoms with Crippen molar-refractivity contribution in [2.24, 2.45) is 11.0 Å². The summed E-state index contributed by atoms with van der Waals surface area (Å²) in [7, 11) is 1.64. The van der Waals surface area contributed by atoms with Crippen molar-refractivity contribution in [2.75, 3.05) is 23.6 Å². The quantitative estimate of drug-likeness (QED) is 0.259. The van der Waals surface area contributed by atoms with Crippen LogP contribution in [0.15, 0.2) is 102 Å². The van der Waals surface area contributed by atoms with E-state index in [9.17, 15) is 19.8 Å². The van der Waals surface area contributed by atoms with Crippen molar-refractivity contribution >= 4 is 28.9 Å². The number of aryl methyl sites for hydroxylation is 1. The SMILES string of the molecule is C[C@@H](/C=C/CCn1cc(C(CO)c2ccccc2)nn1)[C@]1(O)C(=O)N(C)c2ccc(N3N=C(c4ccccc4)CCC3=O)cc21. The summed E-state index contributed by atoms with van der Waals surface area (Å²) in [5, 5.41) is 36.4. The predicted octanol–water partition coefficient (Wildman–Crippen LogP) is 4.38. The van der Waals surface area contributed by atoms with Crippen molar-refractivity contribution < 1.29 is 19.8 Å². The van der Waals surface area contributed by atoms with E-state index in [2.05, 4.69) is 15.4 Å². The van der Waals surface area contributed by atoms with Gasteiger partial charge in [0.25, 0.3) is 5.91 Å². The Balaban J connectivity index is 1.18. The average molecular weight is 605 g/mol. The highest BCUT2D eigenvalue weighted by Gasteiger charge is 2.51. The minimum atomic E-state index is -1.81. The third-order valence-corrected chi connectivity index (χ3v) is 8.67. The number of aliphatic hydroxyl groups is 2. The number of anilines is 2. The second kappa shape index (κ2) is 12.6. The van der Waals surface area contributed by atoms with E-state index in [1.807, 2.05) is 79.0 Å². The van der Waals surface area contributed by atoms with Crippen LogP contribution in [-0.2, 0) is 21.7 Å². The number of carbonyl (C=O) groups excluding carboxylic acids is 2. The molecule has 0 spiro atoms. The van der Waals surface area contributed by atoms with Crippen molar-refractivity contribution in [1.82, 2.24) is 15.0 Å². The third-order valence-electron chi connectivity index (χ3n) is 8.67. The lowest BCUT2D eigenvalue weighted by Gasteiger charge is -2.28. The first kappa shape index (κ1) is 30.1. The molecule has 10 nitrogen and oxygen atoms in total. The molecule has 0 bridgehead atoms. The fraction of sp³-hybridized carbons (Fsp3) is 0.286. The molecule has 230 valence electrons. The Morgan fingerprint density at radius 1 is 1.00 bits per heavy atom. The van der Waals surface area contributed by atoms with Crippen molar-refractivity contribution in [1.29, 1.82) is 0 Å². The highest BCUT2D eigenvalue weighted by molar-refractivity contribution is 6.10. The van der Waals surface area contributed by atoms with Crippen LogP contribution in [0.2, 0.25) is 0 Å². The summed E-state index contributed by atoms with van der Waals surface area (Å²) < 4.78 is 1.72. The van der Waals surface area contributed by atoms with E-state index in [4.69, 9.17) is 0 Å². The highest BCUT2D eigenvalue weighted by atomic mass is 16.3. The first-order valence-corrected chi connectivity index (χ1v) is 15.1. The lowest BCUT2D eigenvalue weighted by molar-refractivity contribution is -0.139. The zero-order chi connectivity index (χ0) is 31.6. The summed E-state index contributed by atoms with van der Waals surface area (Å²) >= 11 is 0. The molecule has 0 saturated carbocycles. The van der Waals surface area contributed by atoms with E-state index < -0.39 is 17.4 Å². The number of likely N-dealkylation sites (N-methyl/N-ethyl adjacent to an activating group) is 1. The molecular weight excluding hydrogens is 568 g/mol. The van der Waals surface area contributed by atoms with E-state index in [0.717, 1.165) is 16.8 Å². The predicted molar refractivity (Wildman–Crippen MR) is 172 cm³/mol. The standard InChI is InChI=1S/C35H36N6O4/c1-24(11-9-10-20-40-22-31(36-38-40)28(23-42)25-12-5-3-6-13-25)35(45)29-21-27(16-18-32(29)39(2)34(35)44)41-33(43)19-17-30(37-41)26-14-7-4-8-15-26/h3-9,11-16,18,21-22,24,28,42,45H,10,17,19-20,23H2,1-2H3/b11-9+/t24-,28?,35+/m0/s1. The number of aromatic nitrogens is 3. The lowest BCUT2D eigenvalue weighted by Crippen LogP contribution is -2.43. The lowest BCUT2D eigenvalue weighted by atomic mass is 9.82. The first-order valence-electron chi connectivity index (χ1n) is 15.1. The van der Waals surface area contributed by atoms with Crippen LogP contribution in [0, 0.1) is 5.92 Å². The average Bonchev–Trinajstić information content (AvgIpc) is 3.62. The van der Waals surface area contributed by atoms with Crippen molar-refractivity contribution in [2.45, 2.75) is 44.2 Å². The van der Waals surface area contributed by atoms with Gasteiger partial charge in [0.1, 0.15) is 0 Å². The number of rotatable bonds is 10. The van der Waals surface area contributed by atoms with Crippen LogP contribution in [0.5, 0.6) is 0 Å². The van der Waals surface area contributed by atoms with Crippen LogP contribution < -0.4 is 9.91 Å². The molecule has 0 aliphatic carbocycles. The number of aliphatic hydroxyl groups excluding tert-OH is 1. The van der Waals surface area contributed by atoms with Crippen LogP contribution in [0.1, 0.15) is 54.5 Å². The van der Waals surface area contributed by atoms with Gasteiger partial charge in [0.05, 0.1) is 35.3 Å². The normalized spacial score (nSPS) is 19.6. The fourth-order valence-electron chi connectivity index (χ4n) is 6.05. The second-order valence-corrected chi connectivity index (χ2v) is 11.5. The number of fused-ring (bicyclic) bond motifs is 1. The number of nitrogens with zero attached hydrogens (tertiary/aromatic N) is 6. The molecular formula is C35H36N6O4. The van der Waals surface area contributed by atoms with E-state index in [-0.39, 0.29) is 18.4 Å². The van der Waals surface area contributed by atoms with Gasteiger partial charge in [-0.3, -0.25) is 14.3 Å². The van der Waals surface area contributed by atoms with Crippen molar-refractivity contribution in [3.63, 3.8) is 0 Å². The molecule has 2 aliphatic rings. The highest BCUT2D eigenvalue weighted by Crippen LogP contribution is 2.46. The van der Waals surface area contributed by atoms with Crippen LogP contribution in [0.3, 0.4) is 0 Å². The molecule has 2 N–H and O–H groups in total. The molecule has 2 aliphatic heterocycles. The summed E-state index contributed by atoms with van der Waals surface area (Å²) in [6, 6.07) is 24.7. The van der Waals surface area contributed by atoms with Gasteiger partial charge in [-0.05, 0) is 35.7 Å². The van der Waals surface area contributed by atoms with Crippen molar-refractivity contribution in [3.8, 4) is 0 Å². The van der Waals surface area contributed by atoms with Crippen molar-refractivity contribution in [3.05, 3.63) is 120 Å². The third kappa shape index (κ3) is 5.70. The van der Waals surface area contributed by atoms with Gasteiger partial charge >= 0.3 is 0 Å². The van der Waals surface area contributed by atoms with Crippen LogP contribution in [0.25, 0.3) is 0 Å². The number of hydrogen-bond acceptors (Lipinski definition) is 7. The second-order valence-electron chi connectivity index (χ2n) is 11.5. The number of benzene rings is 3. The number of allylic oxidation sites excluding steroid dienone is 1. The Kier molecular flexibility index (Phi) is 8.42. The van der Waals surface area contributed by atoms with Crippen LogP contribution >= 0.6 is 0 Å². The zero-order valence-corrected chi connectivity index (χ0v) is 25.3. The number of hydrogen-bond donors (Lipinski definition) is 2. The summed E-state index contributed by atoms with van der Waals surface area (Å²) in [4.78, 5) is 27.9. The van der Waals surface area contributed by atoms with Crippen LogP contribution in [0.4, 0.5) is 11.4 Å². The molecule has 0 fully saturated rings. The van der Waals surface area contributed by atoms with Gasteiger partial charge in [0.15, 0.2) is 5.60 Å². The molecule has 1 unspecified atom stereocenters. The number of hydrazone groups is 1. The van der Waals surface area contributed by atoms with Gasteiger partial charge in [-0.2, -0.15) is 5.10 Å². The van der Waals surface area contributed by atoms with Crippen LogP contribution in [-0.4, -0.2) is 56.4 Å². The molecule has 3 aromatic carbocycles. The molecule has 2 amide bonds. The Morgan fingerprint density at radius 3 is 2.47 bits per heavy atom. The Bertz CT molecular complexity index is 1750. The number of amides is 2. The topological polar surface area (TPSA) is 124 Å². The maximum absolute atomic E-state index is 13.5. The number of carbonyl (C=O) groups is 2. The molecule has 6 rings (SSSR count). The zero-order valence-electron chi connectivity index (χ0n) is 25.3. The van der Waals surface area contributed by atoms with E-state index in [0.29, 0.717) is 48.4 Å². The largest absolute Gasteiger partial charge is 0.395 e.